The van der Waals surface area contributed by atoms with Crippen LogP contribution in [0.5, 0.6) is 0 Å². The Morgan fingerprint density at radius 1 is 1.38 bits per heavy atom. The summed E-state index contributed by atoms with van der Waals surface area (Å²) >= 11 is 0. The number of hydrogen-bond acceptors (Lipinski definition) is 3. The lowest BCUT2D eigenvalue weighted by atomic mass is 10.0. The molecule has 1 aromatic rings. The minimum atomic E-state index is -4.39. The molecule has 1 aliphatic rings. The summed E-state index contributed by atoms with van der Waals surface area (Å²) in [7, 11) is 3.39. The molecule has 2 rings (SSSR count). The zero-order valence-electron chi connectivity index (χ0n) is 16.8. The van der Waals surface area contributed by atoms with Crippen LogP contribution in [-0.4, -0.2) is 68.5 Å². The van der Waals surface area contributed by atoms with E-state index >= 15 is 0 Å². The van der Waals surface area contributed by atoms with E-state index in [1.165, 1.54) is 11.0 Å². The molecule has 1 N–H and O–H groups in total. The second-order valence-corrected chi connectivity index (χ2v) is 6.70. The summed E-state index contributed by atoms with van der Waals surface area (Å²) < 4.78 is 44.7. The Kier molecular flexibility index (Phi) is 10.2. The van der Waals surface area contributed by atoms with E-state index in [9.17, 15) is 18.0 Å². The van der Waals surface area contributed by atoms with Crippen LogP contribution in [0.4, 0.5) is 13.2 Å². The molecule has 0 spiro atoms. The Morgan fingerprint density at radius 3 is 2.72 bits per heavy atom. The van der Waals surface area contributed by atoms with Crippen molar-refractivity contribution < 1.29 is 22.7 Å². The molecule has 1 aliphatic heterocycles. The molecule has 0 bridgehead atoms. The SMILES string of the molecule is CCNC(=NCCC(=O)N(C)C)N1CCOC(c2cccc(C(F)(F)F)c2)C1.I. The van der Waals surface area contributed by atoms with Crippen LogP contribution in [0.15, 0.2) is 29.3 Å². The van der Waals surface area contributed by atoms with Crippen LogP contribution in [-0.2, 0) is 15.7 Å². The molecule has 10 heteroatoms. The van der Waals surface area contributed by atoms with Gasteiger partial charge in [-0.05, 0) is 24.6 Å². The summed E-state index contributed by atoms with van der Waals surface area (Å²) in [5.41, 5.74) is -0.202. The van der Waals surface area contributed by atoms with Gasteiger partial charge in [0, 0.05) is 33.6 Å². The molecule has 0 radical (unpaired) electrons. The van der Waals surface area contributed by atoms with Gasteiger partial charge in [-0.1, -0.05) is 12.1 Å². The number of alkyl halides is 3. The van der Waals surface area contributed by atoms with Gasteiger partial charge in [-0.2, -0.15) is 13.2 Å². The maximum Gasteiger partial charge on any atom is 0.416 e. The molecule has 6 nitrogen and oxygen atoms in total. The number of hydrogen-bond donors (Lipinski definition) is 1. The number of nitrogens with zero attached hydrogens (tertiary/aromatic N) is 3. The number of halogens is 4. The van der Waals surface area contributed by atoms with Crippen LogP contribution in [0.2, 0.25) is 0 Å². The van der Waals surface area contributed by atoms with E-state index in [4.69, 9.17) is 4.74 Å². The highest BCUT2D eigenvalue weighted by molar-refractivity contribution is 14.0. The summed E-state index contributed by atoms with van der Waals surface area (Å²) in [4.78, 5) is 19.7. The quantitative estimate of drug-likeness (QED) is 0.363. The van der Waals surface area contributed by atoms with Crippen LogP contribution in [0, 0.1) is 0 Å². The van der Waals surface area contributed by atoms with Crippen molar-refractivity contribution in [1.82, 2.24) is 15.1 Å². The molecule has 1 atom stereocenters. The number of benzene rings is 1. The number of morpholine rings is 1. The normalized spacial score (nSPS) is 17.5. The summed E-state index contributed by atoms with van der Waals surface area (Å²) in [6.07, 6.45) is -4.58. The van der Waals surface area contributed by atoms with Crippen LogP contribution in [0.3, 0.4) is 0 Å². The van der Waals surface area contributed by atoms with Gasteiger partial charge >= 0.3 is 6.18 Å². The smallest absolute Gasteiger partial charge is 0.370 e. The third-order valence-corrected chi connectivity index (χ3v) is 4.37. The molecule has 1 unspecified atom stereocenters. The maximum absolute atomic E-state index is 13.0. The Labute approximate surface area is 186 Å². The average Bonchev–Trinajstić information content (AvgIpc) is 2.66. The number of nitrogens with one attached hydrogen (secondary N) is 1. The van der Waals surface area contributed by atoms with Crippen LogP contribution in [0.25, 0.3) is 0 Å². The third-order valence-electron chi connectivity index (χ3n) is 4.37. The fourth-order valence-electron chi connectivity index (χ4n) is 2.87. The summed E-state index contributed by atoms with van der Waals surface area (Å²) in [6.45, 7) is 4.25. The molecule has 164 valence electrons. The Morgan fingerprint density at radius 2 is 2.10 bits per heavy atom. The Balaban J connectivity index is 0.00000420. The highest BCUT2D eigenvalue weighted by atomic mass is 127. The first kappa shape index (κ1) is 25.5. The lowest BCUT2D eigenvalue weighted by Crippen LogP contribution is -2.48. The van der Waals surface area contributed by atoms with Crippen molar-refractivity contribution in [3.05, 3.63) is 35.4 Å². The monoisotopic (exact) mass is 528 g/mol. The number of amides is 1. The minimum absolute atomic E-state index is 0. The first-order valence-electron chi connectivity index (χ1n) is 9.24. The van der Waals surface area contributed by atoms with E-state index in [1.54, 1.807) is 20.2 Å². The highest BCUT2D eigenvalue weighted by Gasteiger charge is 2.32. The van der Waals surface area contributed by atoms with Crippen LogP contribution >= 0.6 is 24.0 Å². The molecule has 0 aromatic heterocycles. The van der Waals surface area contributed by atoms with Crippen molar-refractivity contribution in [3.63, 3.8) is 0 Å². The molecular weight excluding hydrogens is 500 g/mol. The number of aliphatic imine (C=N–C) groups is 1. The van der Waals surface area contributed by atoms with Gasteiger partial charge in [0.2, 0.25) is 5.91 Å². The molecule has 1 aromatic carbocycles. The number of guanidine groups is 1. The molecular formula is C19H28F3IN4O2. The van der Waals surface area contributed by atoms with Gasteiger partial charge in [-0.3, -0.25) is 9.79 Å². The molecule has 1 fully saturated rings. The summed E-state index contributed by atoms with van der Waals surface area (Å²) in [5.74, 6) is 0.623. The van der Waals surface area contributed by atoms with Gasteiger partial charge in [0.1, 0.15) is 6.10 Å². The summed E-state index contributed by atoms with van der Waals surface area (Å²) in [6, 6.07) is 5.22. The lowest BCUT2D eigenvalue weighted by Gasteiger charge is -2.35. The number of carbonyl (C=O) groups excluding carboxylic acids is 1. The highest BCUT2D eigenvalue weighted by Crippen LogP contribution is 2.32. The van der Waals surface area contributed by atoms with E-state index in [1.807, 2.05) is 11.8 Å². The zero-order valence-corrected chi connectivity index (χ0v) is 19.2. The number of carbonyl (C=O) groups is 1. The molecule has 1 heterocycles. The van der Waals surface area contributed by atoms with Gasteiger partial charge in [-0.25, -0.2) is 0 Å². The second kappa shape index (κ2) is 11.6. The topological polar surface area (TPSA) is 57.2 Å². The third kappa shape index (κ3) is 7.65. The van der Waals surface area contributed by atoms with Crippen molar-refractivity contribution in [1.29, 1.82) is 0 Å². The van der Waals surface area contributed by atoms with E-state index in [2.05, 4.69) is 10.3 Å². The zero-order chi connectivity index (χ0) is 20.7. The predicted molar refractivity (Wildman–Crippen MR) is 116 cm³/mol. The molecule has 1 amide bonds. The molecule has 0 aliphatic carbocycles. The minimum Gasteiger partial charge on any atom is -0.370 e. The molecule has 1 saturated heterocycles. The van der Waals surface area contributed by atoms with Gasteiger partial charge in [0.05, 0.1) is 25.3 Å². The van der Waals surface area contributed by atoms with Crippen molar-refractivity contribution in [3.8, 4) is 0 Å². The van der Waals surface area contributed by atoms with Crippen molar-refractivity contribution >= 4 is 35.8 Å². The second-order valence-electron chi connectivity index (χ2n) is 6.70. The van der Waals surface area contributed by atoms with E-state index < -0.39 is 17.8 Å². The lowest BCUT2D eigenvalue weighted by molar-refractivity contribution is -0.137. The van der Waals surface area contributed by atoms with Gasteiger partial charge in [0.15, 0.2) is 5.96 Å². The fourth-order valence-corrected chi connectivity index (χ4v) is 2.87. The fraction of sp³-hybridized carbons (Fsp3) is 0.579. The largest absolute Gasteiger partial charge is 0.416 e. The maximum atomic E-state index is 13.0. The van der Waals surface area contributed by atoms with E-state index in [0.29, 0.717) is 50.7 Å². The van der Waals surface area contributed by atoms with Gasteiger partial charge < -0.3 is 19.9 Å². The standard InChI is InChI=1S/C19H27F3N4O2.HI/c1-4-23-18(24-9-8-17(27)25(2)3)26-10-11-28-16(13-26)14-6-5-7-15(12-14)19(20,21)22;/h5-7,12,16H,4,8-11,13H2,1-3H3,(H,23,24);1H. The number of ether oxygens (including phenoxy) is 1. The first-order chi connectivity index (χ1) is 13.2. The van der Waals surface area contributed by atoms with Crippen molar-refractivity contribution in [2.24, 2.45) is 4.99 Å². The van der Waals surface area contributed by atoms with Gasteiger partial charge in [-0.15, -0.1) is 24.0 Å². The van der Waals surface area contributed by atoms with Crippen molar-refractivity contribution in [2.75, 3.05) is 46.9 Å². The van der Waals surface area contributed by atoms with E-state index in [0.717, 1.165) is 12.1 Å². The Bertz CT molecular complexity index is 698. The molecule has 0 saturated carbocycles. The first-order valence-corrected chi connectivity index (χ1v) is 9.24. The van der Waals surface area contributed by atoms with Gasteiger partial charge in [0.25, 0.3) is 0 Å². The van der Waals surface area contributed by atoms with E-state index in [-0.39, 0.29) is 29.9 Å². The van der Waals surface area contributed by atoms with Crippen LogP contribution < -0.4 is 5.32 Å². The molecule has 29 heavy (non-hydrogen) atoms. The van der Waals surface area contributed by atoms with Crippen LogP contribution in [0.1, 0.15) is 30.6 Å². The van der Waals surface area contributed by atoms with Crippen molar-refractivity contribution in [2.45, 2.75) is 25.6 Å². The summed E-state index contributed by atoms with van der Waals surface area (Å²) in [5, 5.41) is 3.18. The number of rotatable bonds is 5. The predicted octanol–water partition coefficient (Wildman–Crippen LogP) is 3.14. The Hall–Kier alpha value is -1.56. The average molecular weight is 528 g/mol.